The third kappa shape index (κ3) is 2.22. The van der Waals surface area contributed by atoms with Crippen molar-refractivity contribution >= 4 is 5.91 Å². The van der Waals surface area contributed by atoms with Crippen molar-refractivity contribution in [3.05, 3.63) is 53.3 Å². The maximum Gasteiger partial charge on any atom is 0.269 e. The number of aromatic nitrogens is 2. The largest absolute Gasteiger partial charge is 0.344 e. The van der Waals surface area contributed by atoms with Gasteiger partial charge in [-0.15, -0.1) is 0 Å². The first-order chi connectivity index (χ1) is 9.58. The Morgan fingerprint density at radius 3 is 2.90 bits per heavy atom. The van der Waals surface area contributed by atoms with Crippen LogP contribution in [0.5, 0.6) is 0 Å². The summed E-state index contributed by atoms with van der Waals surface area (Å²) in [5.41, 5.74) is 3.25. The standard InChI is InChI=1S/C16H19N3O/c1-16(2)9-7-13(11-5-3-4-6-12(11)16)18-15(20)14-8-10-17-19-14/h3-6,8,10,13H,7,9H2,1-2H3,(H,17,19)(H,18,20). The molecule has 1 aromatic heterocycles. The van der Waals surface area contributed by atoms with Gasteiger partial charge in [0.25, 0.3) is 5.91 Å². The van der Waals surface area contributed by atoms with Crippen LogP contribution >= 0.6 is 0 Å². The average Bonchev–Trinajstić information content (AvgIpc) is 2.96. The van der Waals surface area contributed by atoms with Gasteiger partial charge in [-0.2, -0.15) is 5.10 Å². The van der Waals surface area contributed by atoms with Gasteiger partial charge in [0.2, 0.25) is 0 Å². The number of carbonyl (C=O) groups is 1. The van der Waals surface area contributed by atoms with E-state index in [9.17, 15) is 4.79 Å². The Hall–Kier alpha value is -2.10. The van der Waals surface area contributed by atoms with Gasteiger partial charge in [-0.05, 0) is 35.4 Å². The van der Waals surface area contributed by atoms with Gasteiger partial charge in [0, 0.05) is 6.20 Å². The van der Waals surface area contributed by atoms with Crippen molar-refractivity contribution in [2.45, 2.75) is 38.1 Å². The molecule has 104 valence electrons. The predicted octanol–water partition coefficient (Wildman–Crippen LogP) is 2.95. The fourth-order valence-corrected chi connectivity index (χ4v) is 2.98. The monoisotopic (exact) mass is 269 g/mol. The number of hydrogen-bond acceptors (Lipinski definition) is 2. The quantitative estimate of drug-likeness (QED) is 0.880. The molecule has 20 heavy (non-hydrogen) atoms. The third-order valence-corrected chi connectivity index (χ3v) is 4.17. The molecular weight excluding hydrogens is 250 g/mol. The van der Waals surface area contributed by atoms with Gasteiger partial charge in [-0.3, -0.25) is 9.89 Å². The van der Waals surface area contributed by atoms with Crippen molar-refractivity contribution in [3.8, 4) is 0 Å². The van der Waals surface area contributed by atoms with Gasteiger partial charge in [0.05, 0.1) is 6.04 Å². The number of aromatic amines is 1. The summed E-state index contributed by atoms with van der Waals surface area (Å²) in [6.07, 6.45) is 3.62. The lowest BCUT2D eigenvalue weighted by Gasteiger charge is -2.37. The first-order valence-electron chi connectivity index (χ1n) is 6.97. The van der Waals surface area contributed by atoms with Crippen LogP contribution in [0.3, 0.4) is 0 Å². The summed E-state index contributed by atoms with van der Waals surface area (Å²) >= 11 is 0. The van der Waals surface area contributed by atoms with E-state index in [1.165, 1.54) is 11.1 Å². The number of hydrogen-bond donors (Lipinski definition) is 2. The highest BCUT2D eigenvalue weighted by atomic mass is 16.2. The lowest BCUT2D eigenvalue weighted by Crippen LogP contribution is -2.35. The Morgan fingerprint density at radius 1 is 1.35 bits per heavy atom. The number of amides is 1. The van der Waals surface area contributed by atoms with E-state index in [2.05, 4.69) is 47.6 Å². The molecule has 1 unspecified atom stereocenters. The third-order valence-electron chi connectivity index (χ3n) is 4.17. The van der Waals surface area contributed by atoms with E-state index in [0.717, 1.165) is 12.8 Å². The fourth-order valence-electron chi connectivity index (χ4n) is 2.98. The smallest absolute Gasteiger partial charge is 0.269 e. The second-order valence-corrected chi connectivity index (χ2v) is 6.01. The van der Waals surface area contributed by atoms with Gasteiger partial charge in [-0.1, -0.05) is 38.1 Å². The van der Waals surface area contributed by atoms with Crippen LogP contribution in [-0.4, -0.2) is 16.1 Å². The van der Waals surface area contributed by atoms with Crippen LogP contribution in [0.4, 0.5) is 0 Å². The van der Waals surface area contributed by atoms with Gasteiger partial charge in [0.15, 0.2) is 0 Å². The number of benzene rings is 1. The number of nitrogens with zero attached hydrogens (tertiary/aromatic N) is 1. The molecule has 1 heterocycles. The van der Waals surface area contributed by atoms with Crippen LogP contribution in [0.25, 0.3) is 0 Å². The zero-order chi connectivity index (χ0) is 14.2. The average molecular weight is 269 g/mol. The zero-order valence-electron chi connectivity index (χ0n) is 11.8. The van der Waals surface area contributed by atoms with Crippen molar-refractivity contribution in [1.29, 1.82) is 0 Å². The van der Waals surface area contributed by atoms with Gasteiger partial charge < -0.3 is 5.32 Å². The number of rotatable bonds is 2. The second kappa shape index (κ2) is 4.78. The fraction of sp³-hybridized carbons (Fsp3) is 0.375. The zero-order valence-corrected chi connectivity index (χ0v) is 11.8. The van der Waals surface area contributed by atoms with E-state index in [0.29, 0.717) is 5.69 Å². The summed E-state index contributed by atoms with van der Waals surface area (Å²) in [6.45, 7) is 4.53. The van der Waals surface area contributed by atoms with Crippen LogP contribution in [0.2, 0.25) is 0 Å². The molecule has 1 aliphatic carbocycles. The van der Waals surface area contributed by atoms with E-state index in [1.807, 2.05) is 6.07 Å². The molecule has 0 saturated heterocycles. The predicted molar refractivity (Wildman–Crippen MR) is 77.5 cm³/mol. The summed E-state index contributed by atoms with van der Waals surface area (Å²) in [5, 5.41) is 9.63. The summed E-state index contributed by atoms with van der Waals surface area (Å²) in [5.74, 6) is -0.0954. The molecule has 4 nitrogen and oxygen atoms in total. The van der Waals surface area contributed by atoms with Crippen LogP contribution in [0.1, 0.15) is 54.3 Å². The Balaban J connectivity index is 1.87. The van der Waals surface area contributed by atoms with Crippen LogP contribution in [0, 0.1) is 0 Å². The maximum atomic E-state index is 12.2. The highest BCUT2D eigenvalue weighted by molar-refractivity contribution is 5.92. The normalized spacial score (nSPS) is 20.2. The molecule has 0 saturated carbocycles. The molecular formula is C16H19N3O. The van der Waals surface area contributed by atoms with Crippen LogP contribution in [0.15, 0.2) is 36.5 Å². The number of nitrogens with one attached hydrogen (secondary N) is 2. The number of H-pyrrole nitrogens is 1. The van der Waals surface area contributed by atoms with Crippen molar-refractivity contribution in [1.82, 2.24) is 15.5 Å². The van der Waals surface area contributed by atoms with Crippen molar-refractivity contribution < 1.29 is 4.79 Å². The van der Waals surface area contributed by atoms with Crippen molar-refractivity contribution in [3.63, 3.8) is 0 Å². The minimum atomic E-state index is -0.0954. The molecule has 0 aliphatic heterocycles. The minimum absolute atomic E-state index is 0.0787. The summed E-state index contributed by atoms with van der Waals surface area (Å²) in [4.78, 5) is 12.2. The van der Waals surface area contributed by atoms with Crippen molar-refractivity contribution in [2.24, 2.45) is 0 Å². The van der Waals surface area contributed by atoms with E-state index < -0.39 is 0 Å². The lowest BCUT2D eigenvalue weighted by atomic mass is 9.71. The Kier molecular flexibility index (Phi) is 3.08. The first-order valence-corrected chi connectivity index (χ1v) is 6.97. The van der Waals surface area contributed by atoms with E-state index in [1.54, 1.807) is 12.3 Å². The molecule has 0 bridgehead atoms. The molecule has 4 heteroatoms. The summed E-state index contributed by atoms with van der Waals surface area (Å²) < 4.78 is 0. The topological polar surface area (TPSA) is 57.8 Å². The van der Waals surface area contributed by atoms with E-state index in [-0.39, 0.29) is 17.4 Å². The Bertz CT molecular complexity index is 616. The highest BCUT2D eigenvalue weighted by Gasteiger charge is 2.33. The van der Waals surface area contributed by atoms with Gasteiger partial charge in [0.1, 0.15) is 5.69 Å². The molecule has 3 rings (SSSR count). The molecule has 2 aromatic rings. The van der Waals surface area contributed by atoms with Crippen LogP contribution in [-0.2, 0) is 5.41 Å². The summed E-state index contributed by atoms with van der Waals surface area (Å²) in [7, 11) is 0. The molecule has 2 N–H and O–H groups in total. The molecule has 1 aromatic carbocycles. The SMILES string of the molecule is CC1(C)CCC(NC(=O)c2ccn[nH]2)c2ccccc21. The van der Waals surface area contributed by atoms with E-state index in [4.69, 9.17) is 0 Å². The second-order valence-electron chi connectivity index (χ2n) is 6.01. The number of carbonyl (C=O) groups excluding carboxylic acids is 1. The molecule has 1 aliphatic rings. The van der Waals surface area contributed by atoms with Crippen LogP contribution < -0.4 is 5.32 Å². The molecule has 0 radical (unpaired) electrons. The lowest BCUT2D eigenvalue weighted by molar-refractivity contribution is 0.0924. The Labute approximate surface area is 118 Å². The molecule has 1 amide bonds. The van der Waals surface area contributed by atoms with Crippen molar-refractivity contribution in [2.75, 3.05) is 0 Å². The maximum absolute atomic E-state index is 12.2. The minimum Gasteiger partial charge on any atom is -0.344 e. The Morgan fingerprint density at radius 2 is 2.15 bits per heavy atom. The molecule has 0 spiro atoms. The molecule has 1 atom stereocenters. The molecule has 0 fully saturated rings. The first kappa shape index (κ1) is 12.9. The highest BCUT2D eigenvalue weighted by Crippen LogP contribution is 2.41. The number of fused-ring (bicyclic) bond motifs is 1. The van der Waals surface area contributed by atoms with E-state index >= 15 is 0 Å². The summed E-state index contributed by atoms with van der Waals surface area (Å²) in [6, 6.07) is 10.2. The van der Waals surface area contributed by atoms with Gasteiger partial charge in [-0.25, -0.2) is 0 Å². The van der Waals surface area contributed by atoms with Gasteiger partial charge >= 0.3 is 0 Å².